The van der Waals surface area contributed by atoms with E-state index in [2.05, 4.69) is 20.1 Å². The normalized spacial score (nSPS) is 10.9. The van der Waals surface area contributed by atoms with Gasteiger partial charge in [-0.2, -0.15) is 0 Å². The smallest absolute Gasteiger partial charge is 0.230 e. The molecule has 4 aromatic rings. The van der Waals surface area contributed by atoms with Crippen LogP contribution in [-0.4, -0.2) is 20.1 Å². The van der Waals surface area contributed by atoms with E-state index in [4.69, 9.17) is 13.4 Å². The van der Waals surface area contributed by atoms with Gasteiger partial charge in [-0.25, -0.2) is 15.0 Å². The summed E-state index contributed by atoms with van der Waals surface area (Å²) in [5.74, 6) is 0.982. The third-order valence-electron chi connectivity index (χ3n) is 2.93. The van der Waals surface area contributed by atoms with E-state index in [-0.39, 0.29) is 0 Å². The Morgan fingerprint density at radius 1 is 0.857 bits per heavy atom. The standard InChI is InChI=1S/C14H8N4O3/c1-2-10(19-5-1)13-11(14-15-4-7-20-14)12(16-8-17-13)9-3-6-21-18-9/h1-8H. The lowest BCUT2D eigenvalue weighted by Crippen LogP contribution is -1.96. The second kappa shape index (κ2) is 4.71. The molecule has 0 amide bonds. The second-order valence-electron chi connectivity index (χ2n) is 4.15. The molecule has 0 aliphatic rings. The number of rotatable bonds is 3. The first-order chi connectivity index (χ1) is 10.4. The van der Waals surface area contributed by atoms with Gasteiger partial charge in [-0.05, 0) is 12.1 Å². The highest BCUT2D eigenvalue weighted by molar-refractivity contribution is 5.84. The quantitative estimate of drug-likeness (QED) is 0.569. The number of furan rings is 1. The van der Waals surface area contributed by atoms with Crippen molar-refractivity contribution in [3.05, 3.63) is 49.5 Å². The minimum absolute atomic E-state index is 0.389. The lowest BCUT2D eigenvalue weighted by Gasteiger charge is -2.06. The van der Waals surface area contributed by atoms with Crippen LogP contribution in [0.5, 0.6) is 0 Å². The monoisotopic (exact) mass is 280 g/mol. The van der Waals surface area contributed by atoms with Crippen LogP contribution in [0.15, 0.2) is 62.9 Å². The van der Waals surface area contributed by atoms with Crippen LogP contribution in [0, 0.1) is 0 Å². The Kier molecular flexibility index (Phi) is 2.60. The van der Waals surface area contributed by atoms with Crippen molar-refractivity contribution in [2.45, 2.75) is 0 Å². The predicted molar refractivity (Wildman–Crippen MR) is 70.7 cm³/mol. The molecule has 0 aliphatic heterocycles. The van der Waals surface area contributed by atoms with Gasteiger partial charge in [0.2, 0.25) is 5.89 Å². The Balaban J connectivity index is 2.03. The summed E-state index contributed by atoms with van der Waals surface area (Å²) in [7, 11) is 0. The van der Waals surface area contributed by atoms with Crippen LogP contribution in [0.2, 0.25) is 0 Å². The van der Waals surface area contributed by atoms with E-state index in [1.165, 1.54) is 18.9 Å². The maximum Gasteiger partial charge on any atom is 0.230 e. The zero-order valence-corrected chi connectivity index (χ0v) is 10.6. The van der Waals surface area contributed by atoms with Crippen molar-refractivity contribution in [2.24, 2.45) is 0 Å². The summed E-state index contributed by atoms with van der Waals surface area (Å²) in [5.41, 5.74) is 2.31. The summed E-state index contributed by atoms with van der Waals surface area (Å²) >= 11 is 0. The average molecular weight is 280 g/mol. The zero-order chi connectivity index (χ0) is 14.1. The maximum atomic E-state index is 5.43. The molecule has 7 nitrogen and oxygen atoms in total. The molecule has 7 heteroatoms. The van der Waals surface area contributed by atoms with Gasteiger partial charge in [0.05, 0.1) is 18.0 Å². The van der Waals surface area contributed by atoms with E-state index < -0.39 is 0 Å². The van der Waals surface area contributed by atoms with Crippen molar-refractivity contribution >= 4 is 0 Å². The Bertz CT molecular complexity index is 784. The molecule has 21 heavy (non-hydrogen) atoms. The van der Waals surface area contributed by atoms with Crippen molar-refractivity contribution in [2.75, 3.05) is 0 Å². The minimum atomic E-state index is 0.389. The highest BCUT2D eigenvalue weighted by Gasteiger charge is 2.22. The van der Waals surface area contributed by atoms with Gasteiger partial charge in [0.15, 0.2) is 5.76 Å². The van der Waals surface area contributed by atoms with Gasteiger partial charge >= 0.3 is 0 Å². The molecule has 0 fully saturated rings. The molecule has 0 bridgehead atoms. The van der Waals surface area contributed by atoms with Gasteiger partial charge in [-0.15, -0.1) is 0 Å². The van der Waals surface area contributed by atoms with Crippen LogP contribution >= 0.6 is 0 Å². The van der Waals surface area contributed by atoms with E-state index in [9.17, 15) is 0 Å². The van der Waals surface area contributed by atoms with Gasteiger partial charge in [0.25, 0.3) is 0 Å². The summed E-state index contributed by atoms with van der Waals surface area (Å²) in [6.45, 7) is 0. The van der Waals surface area contributed by atoms with Crippen LogP contribution in [-0.2, 0) is 0 Å². The predicted octanol–water partition coefficient (Wildman–Crippen LogP) is 3.05. The molecule has 4 aromatic heterocycles. The first-order valence-corrected chi connectivity index (χ1v) is 6.13. The fraction of sp³-hybridized carbons (Fsp3) is 0. The summed E-state index contributed by atoms with van der Waals surface area (Å²) in [6.07, 6.45) is 7.53. The van der Waals surface area contributed by atoms with Crippen molar-refractivity contribution in [3.8, 4) is 34.3 Å². The van der Waals surface area contributed by atoms with Crippen LogP contribution < -0.4 is 0 Å². The molecule has 0 unspecified atom stereocenters. The van der Waals surface area contributed by atoms with Gasteiger partial charge in [-0.1, -0.05) is 5.16 Å². The van der Waals surface area contributed by atoms with Crippen LogP contribution in [0.1, 0.15) is 0 Å². The Labute approximate surface area is 118 Å². The lowest BCUT2D eigenvalue weighted by molar-refractivity contribution is 0.422. The van der Waals surface area contributed by atoms with E-state index >= 15 is 0 Å². The van der Waals surface area contributed by atoms with Crippen LogP contribution in [0.3, 0.4) is 0 Å². The first kappa shape index (κ1) is 11.6. The topological polar surface area (TPSA) is 91.0 Å². The summed E-state index contributed by atoms with van der Waals surface area (Å²) < 4.78 is 15.7. The third kappa shape index (κ3) is 1.91. The molecule has 0 radical (unpaired) electrons. The molecule has 0 saturated heterocycles. The Morgan fingerprint density at radius 3 is 2.52 bits per heavy atom. The fourth-order valence-electron chi connectivity index (χ4n) is 2.06. The number of hydrogen-bond acceptors (Lipinski definition) is 7. The minimum Gasteiger partial charge on any atom is -0.463 e. The highest BCUT2D eigenvalue weighted by Crippen LogP contribution is 2.35. The van der Waals surface area contributed by atoms with Gasteiger partial charge in [0, 0.05) is 6.07 Å². The molecule has 0 N–H and O–H groups in total. The van der Waals surface area contributed by atoms with Gasteiger partial charge in [-0.3, -0.25) is 0 Å². The largest absolute Gasteiger partial charge is 0.463 e. The average Bonchev–Trinajstić information content (AvgIpc) is 3.28. The molecule has 0 aliphatic carbocycles. The molecule has 4 rings (SSSR count). The fourth-order valence-corrected chi connectivity index (χ4v) is 2.06. The molecule has 0 saturated carbocycles. The van der Waals surface area contributed by atoms with E-state index in [0.29, 0.717) is 34.3 Å². The Morgan fingerprint density at radius 2 is 1.81 bits per heavy atom. The lowest BCUT2D eigenvalue weighted by atomic mass is 10.1. The number of hydrogen-bond donors (Lipinski definition) is 0. The number of aromatic nitrogens is 4. The van der Waals surface area contributed by atoms with Gasteiger partial charge < -0.3 is 13.4 Å². The third-order valence-corrected chi connectivity index (χ3v) is 2.93. The molecule has 0 spiro atoms. The van der Waals surface area contributed by atoms with Crippen molar-refractivity contribution in [1.82, 2.24) is 20.1 Å². The van der Waals surface area contributed by atoms with E-state index in [0.717, 1.165) is 0 Å². The van der Waals surface area contributed by atoms with Crippen LogP contribution in [0.25, 0.3) is 34.3 Å². The molecular formula is C14H8N4O3. The first-order valence-electron chi connectivity index (χ1n) is 6.13. The van der Waals surface area contributed by atoms with Crippen molar-refractivity contribution in [3.63, 3.8) is 0 Å². The van der Waals surface area contributed by atoms with Crippen molar-refractivity contribution < 1.29 is 13.4 Å². The van der Waals surface area contributed by atoms with Crippen LogP contribution in [0.4, 0.5) is 0 Å². The maximum absolute atomic E-state index is 5.43. The molecule has 4 heterocycles. The van der Waals surface area contributed by atoms with Crippen molar-refractivity contribution in [1.29, 1.82) is 0 Å². The molecular weight excluding hydrogens is 272 g/mol. The zero-order valence-electron chi connectivity index (χ0n) is 10.6. The number of oxazole rings is 1. The summed E-state index contributed by atoms with van der Waals surface area (Å²) in [4.78, 5) is 12.7. The van der Waals surface area contributed by atoms with Gasteiger partial charge in [0.1, 0.15) is 35.9 Å². The van der Waals surface area contributed by atoms with E-state index in [1.807, 2.05) is 0 Å². The Hall–Kier alpha value is -3.22. The molecule has 102 valence electrons. The highest BCUT2D eigenvalue weighted by atomic mass is 16.5. The molecule has 0 aromatic carbocycles. The molecule has 0 atom stereocenters. The number of nitrogens with zero attached hydrogens (tertiary/aromatic N) is 4. The SMILES string of the molecule is c1coc(-c2ncnc(-c3ccon3)c2-c2ncco2)c1. The summed E-state index contributed by atoms with van der Waals surface area (Å²) in [6, 6.07) is 5.30. The second-order valence-corrected chi connectivity index (χ2v) is 4.15. The van der Waals surface area contributed by atoms with E-state index in [1.54, 1.807) is 30.7 Å². The summed E-state index contributed by atoms with van der Waals surface area (Å²) in [5, 5.41) is 3.91.